The van der Waals surface area contributed by atoms with Crippen molar-refractivity contribution in [3.8, 4) is 0 Å². The maximum absolute atomic E-state index is 9.18. The summed E-state index contributed by atoms with van der Waals surface area (Å²) in [6.07, 6.45) is 9.27. The summed E-state index contributed by atoms with van der Waals surface area (Å²) in [5.41, 5.74) is 6.21. The molecule has 0 aliphatic heterocycles. The molecule has 0 heterocycles. The molecule has 0 atom stereocenters. The van der Waals surface area contributed by atoms with Crippen molar-refractivity contribution in [1.82, 2.24) is 4.90 Å². The van der Waals surface area contributed by atoms with Crippen LogP contribution in [-0.4, -0.2) is 42.3 Å². The Morgan fingerprint density at radius 2 is 1.94 bits per heavy atom. The molecule has 0 amide bonds. The van der Waals surface area contributed by atoms with E-state index in [1.54, 1.807) is 0 Å². The molecule has 2 rings (SSSR count). The second-order valence-electron chi connectivity index (χ2n) is 5.67. The minimum Gasteiger partial charge on any atom is -0.395 e. The van der Waals surface area contributed by atoms with Crippen LogP contribution >= 0.6 is 0 Å². The first kappa shape index (κ1) is 12.3. The largest absolute Gasteiger partial charge is 0.395 e. The molecule has 0 unspecified atom stereocenters. The molecule has 0 spiro atoms. The smallest absolute Gasteiger partial charge is 0.0558 e. The van der Waals surface area contributed by atoms with E-state index in [0.29, 0.717) is 12.0 Å². The first-order chi connectivity index (χ1) is 7.79. The van der Waals surface area contributed by atoms with E-state index < -0.39 is 0 Å². The van der Waals surface area contributed by atoms with Crippen molar-refractivity contribution in [2.24, 2.45) is 11.1 Å². The predicted molar refractivity (Wildman–Crippen MR) is 66.3 cm³/mol. The van der Waals surface area contributed by atoms with Gasteiger partial charge in [0.05, 0.1) is 6.61 Å². The van der Waals surface area contributed by atoms with Gasteiger partial charge in [-0.1, -0.05) is 12.8 Å². The molecule has 0 aromatic carbocycles. The third kappa shape index (κ3) is 2.96. The fourth-order valence-corrected chi connectivity index (χ4v) is 3.19. The zero-order valence-corrected chi connectivity index (χ0v) is 10.3. The fourth-order valence-electron chi connectivity index (χ4n) is 3.19. The van der Waals surface area contributed by atoms with Gasteiger partial charge in [0.1, 0.15) is 0 Å². The van der Waals surface area contributed by atoms with Gasteiger partial charge < -0.3 is 10.8 Å². The summed E-state index contributed by atoms with van der Waals surface area (Å²) in [5.74, 6) is 0. The van der Waals surface area contributed by atoms with Gasteiger partial charge in [-0.2, -0.15) is 0 Å². The Morgan fingerprint density at radius 1 is 1.25 bits per heavy atom. The van der Waals surface area contributed by atoms with Crippen LogP contribution in [0, 0.1) is 5.41 Å². The van der Waals surface area contributed by atoms with E-state index in [0.717, 1.165) is 19.1 Å². The van der Waals surface area contributed by atoms with Gasteiger partial charge in [-0.3, -0.25) is 4.90 Å². The highest BCUT2D eigenvalue weighted by atomic mass is 16.3. The summed E-state index contributed by atoms with van der Waals surface area (Å²) in [4.78, 5) is 2.54. The standard InChI is InChI=1S/C13H26N2O/c14-8-7-13(5-6-13)11-15(9-10-16)12-3-1-2-4-12/h12,16H,1-11,14H2. The lowest BCUT2D eigenvalue weighted by Gasteiger charge is -2.32. The van der Waals surface area contributed by atoms with Crippen LogP contribution in [-0.2, 0) is 0 Å². The monoisotopic (exact) mass is 226 g/mol. The highest BCUT2D eigenvalue weighted by molar-refractivity contribution is 4.97. The van der Waals surface area contributed by atoms with Crippen LogP contribution in [0.3, 0.4) is 0 Å². The molecule has 0 radical (unpaired) electrons. The van der Waals surface area contributed by atoms with Gasteiger partial charge in [0.15, 0.2) is 0 Å². The Hall–Kier alpha value is -0.120. The van der Waals surface area contributed by atoms with E-state index in [4.69, 9.17) is 5.73 Å². The molecule has 0 aromatic rings. The van der Waals surface area contributed by atoms with Gasteiger partial charge in [0.2, 0.25) is 0 Å². The van der Waals surface area contributed by atoms with Crippen molar-refractivity contribution in [3.63, 3.8) is 0 Å². The Morgan fingerprint density at radius 3 is 2.44 bits per heavy atom. The van der Waals surface area contributed by atoms with E-state index >= 15 is 0 Å². The first-order valence-electron chi connectivity index (χ1n) is 6.85. The Bertz CT molecular complexity index is 210. The molecule has 2 aliphatic carbocycles. The number of hydrogen-bond acceptors (Lipinski definition) is 3. The molecule has 3 heteroatoms. The minimum absolute atomic E-state index is 0.301. The van der Waals surface area contributed by atoms with Gasteiger partial charge in [0, 0.05) is 19.1 Å². The van der Waals surface area contributed by atoms with Gasteiger partial charge in [-0.05, 0) is 44.1 Å². The quantitative estimate of drug-likeness (QED) is 0.689. The normalized spacial score (nSPS) is 24.2. The molecule has 0 saturated heterocycles. The van der Waals surface area contributed by atoms with Crippen molar-refractivity contribution < 1.29 is 5.11 Å². The van der Waals surface area contributed by atoms with Gasteiger partial charge >= 0.3 is 0 Å². The molecular formula is C13H26N2O. The highest BCUT2D eigenvalue weighted by Crippen LogP contribution is 2.49. The van der Waals surface area contributed by atoms with Crippen LogP contribution in [0.25, 0.3) is 0 Å². The van der Waals surface area contributed by atoms with Crippen molar-refractivity contribution in [1.29, 1.82) is 0 Å². The molecule has 16 heavy (non-hydrogen) atoms. The maximum atomic E-state index is 9.18. The molecule has 2 fully saturated rings. The van der Waals surface area contributed by atoms with E-state index in [2.05, 4.69) is 4.90 Å². The van der Waals surface area contributed by atoms with Crippen molar-refractivity contribution in [2.75, 3.05) is 26.2 Å². The molecule has 2 saturated carbocycles. The fraction of sp³-hybridized carbons (Fsp3) is 1.00. The summed E-state index contributed by atoms with van der Waals surface area (Å²) in [7, 11) is 0. The first-order valence-corrected chi connectivity index (χ1v) is 6.85. The Labute approximate surface area is 99.0 Å². The summed E-state index contributed by atoms with van der Waals surface area (Å²) in [5, 5.41) is 9.18. The summed E-state index contributed by atoms with van der Waals surface area (Å²) < 4.78 is 0. The molecule has 3 nitrogen and oxygen atoms in total. The zero-order chi connectivity index (χ0) is 11.4. The van der Waals surface area contributed by atoms with Crippen LogP contribution in [0.1, 0.15) is 44.9 Å². The summed E-state index contributed by atoms with van der Waals surface area (Å²) in [6, 6.07) is 0.738. The lowest BCUT2D eigenvalue weighted by atomic mass is 10.0. The van der Waals surface area contributed by atoms with Gasteiger partial charge in [-0.15, -0.1) is 0 Å². The van der Waals surface area contributed by atoms with Crippen molar-refractivity contribution >= 4 is 0 Å². The number of nitrogens with zero attached hydrogens (tertiary/aromatic N) is 1. The third-order valence-corrected chi connectivity index (χ3v) is 4.40. The second kappa shape index (κ2) is 5.48. The van der Waals surface area contributed by atoms with E-state index in [-0.39, 0.29) is 0 Å². The molecule has 3 N–H and O–H groups in total. The molecule has 2 aliphatic rings. The predicted octanol–water partition coefficient (Wildman–Crippen LogP) is 1.35. The average Bonchev–Trinajstić information content (AvgIpc) is 2.83. The van der Waals surface area contributed by atoms with E-state index in [1.165, 1.54) is 51.5 Å². The Kier molecular flexibility index (Phi) is 4.22. The molecule has 0 bridgehead atoms. The maximum Gasteiger partial charge on any atom is 0.0558 e. The minimum atomic E-state index is 0.301. The SMILES string of the molecule is NCCC1(CN(CCO)C2CCCC2)CC1. The van der Waals surface area contributed by atoms with Crippen LogP contribution in [0.4, 0.5) is 0 Å². The van der Waals surface area contributed by atoms with Crippen LogP contribution in [0.15, 0.2) is 0 Å². The van der Waals surface area contributed by atoms with Gasteiger partial charge in [-0.25, -0.2) is 0 Å². The number of aliphatic hydroxyl groups is 1. The van der Waals surface area contributed by atoms with Crippen molar-refractivity contribution in [2.45, 2.75) is 51.0 Å². The topological polar surface area (TPSA) is 49.5 Å². The zero-order valence-electron chi connectivity index (χ0n) is 10.3. The number of hydrogen-bond donors (Lipinski definition) is 2. The lowest BCUT2D eigenvalue weighted by Crippen LogP contribution is -2.40. The average molecular weight is 226 g/mol. The van der Waals surface area contributed by atoms with Crippen LogP contribution in [0.2, 0.25) is 0 Å². The number of aliphatic hydroxyl groups excluding tert-OH is 1. The van der Waals surface area contributed by atoms with Crippen LogP contribution in [0.5, 0.6) is 0 Å². The van der Waals surface area contributed by atoms with E-state index in [9.17, 15) is 5.11 Å². The third-order valence-electron chi connectivity index (χ3n) is 4.40. The number of rotatable bonds is 7. The summed E-state index contributed by atoms with van der Waals surface area (Å²) in [6.45, 7) is 3.15. The van der Waals surface area contributed by atoms with Crippen LogP contribution < -0.4 is 5.73 Å². The summed E-state index contributed by atoms with van der Waals surface area (Å²) >= 11 is 0. The molecule has 94 valence electrons. The van der Waals surface area contributed by atoms with Gasteiger partial charge in [0.25, 0.3) is 0 Å². The lowest BCUT2D eigenvalue weighted by molar-refractivity contribution is 0.123. The highest BCUT2D eigenvalue weighted by Gasteiger charge is 2.43. The van der Waals surface area contributed by atoms with Crippen molar-refractivity contribution in [3.05, 3.63) is 0 Å². The Balaban J connectivity index is 1.86. The molecular weight excluding hydrogens is 200 g/mol. The second-order valence-corrected chi connectivity index (χ2v) is 5.67. The number of nitrogens with two attached hydrogens (primary N) is 1. The molecule has 0 aromatic heterocycles. The van der Waals surface area contributed by atoms with E-state index in [1.807, 2.05) is 0 Å².